The molecule has 8 heterocycles. The Morgan fingerprint density at radius 2 is 1.84 bits per heavy atom. The number of nitrogens with zero attached hydrogens (tertiary/aromatic N) is 6. The van der Waals surface area contributed by atoms with E-state index in [1.54, 1.807) is 7.11 Å². The van der Waals surface area contributed by atoms with Gasteiger partial charge in [-0.05, 0) is 108 Å². The van der Waals surface area contributed by atoms with E-state index >= 15 is 4.79 Å². The number of carbonyl (C=O) groups is 4. The highest BCUT2D eigenvalue weighted by atomic mass is 32.1. The number of methoxy groups -OCH3 is 1. The number of hydrogen-bond acceptors (Lipinski definition) is 12. The van der Waals surface area contributed by atoms with Gasteiger partial charge in [0.15, 0.2) is 0 Å². The number of nitrogens with one attached hydrogen (secondary N) is 3. The minimum absolute atomic E-state index is 0.0453. The van der Waals surface area contributed by atoms with Crippen LogP contribution in [0, 0.1) is 16.7 Å². The minimum atomic E-state index is -0.924. The summed E-state index contributed by atoms with van der Waals surface area (Å²) in [5.41, 5.74) is 9.19. The Morgan fingerprint density at radius 1 is 1.04 bits per heavy atom. The molecule has 1 unspecified atom stereocenters. The largest absolute Gasteiger partial charge is 0.464 e. The number of pyridine rings is 1. The second-order valence-electron chi connectivity index (χ2n) is 21.6. The number of benzene rings is 1. The minimum Gasteiger partial charge on any atom is -0.464 e. The summed E-state index contributed by atoms with van der Waals surface area (Å²) in [5.74, 6) is -0.468. The molecule has 3 N–H and O–H groups in total. The quantitative estimate of drug-likeness (QED) is 0.132. The van der Waals surface area contributed by atoms with Crippen LogP contribution in [0.2, 0.25) is 0 Å². The summed E-state index contributed by atoms with van der Waals surface area (Å²) in [6.45, 7) is 15.4. The molecule has 1 saturated carbocycles. The number of thiazole rings is 1. The first-order valence-electron chi connectivity index (χ1n) is 25.1. The first-order valence-corrected chi connectivity index (χ1v) is 26.0. The van der Waals surface area contributed by atoms with E-state index in [1.807, 2.05) is 31.0 Å². The maximum Gasteiger partial charge on any atom is 0.324 e. The molecule has 1 aromatic carbocycles. The average molecular weight is 948 g/mol. The lowest BCUT2D eigenvalue weighted by molar-refractivity contribution is -0.155. The standard InChI is InChI=1S/C52H69N9O6S/c1-7-60-41-17-16-34-24-36(41)37(45(60)35-14-10-20-53-43(35)32(2)66-6)26-50(3,4)31-67-48(64)38-15-11-21-61(57-38)47(63)39(25-42-55-40(34)27-68-42)56-46(62)44(33-12-8-9-13-33)58-22-18-52(29-58)19-23-59(30-52)49(65)51(5)28-54-51/h10,14,16-17,20,24,27,32-33,38-39,44,54,57H,7-9,11-13,15,18-19,21-23,25-26,28-31H2,1-6H3,(H,56,62)/t32-,38-,39-,44?,51+,52-/m0/s1. The van der Waals surface area contributed by atoms with Crippen molar-refractivity contribution in [2.45, 2.75) is 135 Å². The molecule has 4 saturated heterocycles. The Morgan fingerprint density at radius 3 is 2.60 bits per heavy atom. The molecule has 16 heteroatoms. The number of rotatable bonds is 9. The molecule has 3 amide bonds. The van der Waals surface area contributed by atoms with Gasteiger partial charge in [0.25, 0.3) is 5.91 Å². The number of ether oxygens (including phenoxy) is 2. The first-order chi connectivity index (χ1) is 32.7. The Balaban J connectivity index is 0.989. The van der Waals surface area contributed by atoms with Crippen molar-refractivity contribution in [1.82, 2.24) is 45.4 Å². The fourth-order valence-corrected chi connectivity index (χ4v) is 12.9. The molecule has 0 radical (unpaired) electrons. The zero-order valence-corrected chi connectivity index (χ0v) is 41.5. The second-order valence-corrected chi connectivity index (χ2v) is 22.6. The van der Waals surface area contributed by atoms with Gasteiger partial charge in [-0.1, -0.05) is 32.8 Å². The van der Waals surface area contributed by atoms with Crippen LogP contribution in [0.15, 0.2) is 41.9 Å². The van der Waals surface area contributed by atoms with Gasteiger partial charge in [0.05, 0.1) is 40.8 Å². The lowest BCUT2D eigenvalue weighted by atomic mass is 9.84. The van der Waals surface area contributed by atoms with Crippen LogP contribution < -0.4 is 16.1 Å². The molecule has 5 fully saturated rings. The maximum absolute atomic E-state index is 15.0. The van der Waals surface area contributed by atoms with Crippen LogP contribution in [0.1, 0.15) is 108 Å². The smallest absolute Gasteiger partial charge is 0.324 e. The number of amides is 3. The number of cyclic esters (lactones) is 1. The van der Waals surface area contributed by atoms with E-state index in [1.165, 1.54) is 16.3 Å². The van der Waals surface area contributed by atoms with Crippen molar-refractivity contribution in [2.75, 3.05) is 53.0 Å². The summed E-state index contributed by atoms with van der Waals surface area (Å²) in [7, 11) is 1.70. The normalized spacial score (nSPS) is 27.7. The summed E-state index contributed by atoms with van der Waals surface area (Å²) >= 11 is 1.49. The molecule has 364 valence electrons. The van der Waals surface area contributed by atoms with Gasteiger partial charge in [-0.15, -0.1) is 11.3 Å². The van der Waals surface area contributed by atoms with Crippen molar-refractivity contribution in [1.29, 1.82) is 0 Å². The van der Waals surface area contributed by atoms with E-state index in [0.717, 1.165) is 121 Å². The maximum atomic E-state index is 15.0. The van der Waals surface area contributed by atoms with Crippen molar-refractivity contribution < 1.29 is 28.7 Å². The second kappa shape index (κ2) is 18.5. The predicted molar refractivity (Wildman–Crippen MR) is 261 cm³/mol. The number of aromatic nitrogens is 3. The SMILES string of the molecule is CCn1c(-c2cccnc2[C@H](C)OC)c2c3cc(ccc31)-c1csc(n1)C[C@H](NC(=O)C(C1CCCC1)N1CC[C@]3(CCN(C(=O)[C@@]4(C)CN4)C3)C1)C(=O)N1CCC[C@H](N1)C(=O)OCC(C)(C)C2. The van der Waals surface area contributed by atoms with E-state index in [4.69, 9.17) is 19.4 Å². The number of aryl methyl sites for hydroxylation is 1. The van der Waals surface area contributed by atoms with Gasteiger partial charge in [-0.3, -0.25) is 34.1 Å². The van der Waals surface area contributed by atoms with Gasteiger partial charge in [-0.2, -0.15) is 0 Å². The summed E-state index contributed by atoms with van der Waals surface area (Å²) in [6, 6.07) is 8.57. The van der Waals surface area contributed by atoms with Gasteiger partial charge < -0.3 is 29.6 Å². The van der Waals surface area contributed by atoms with Crippen LogP contribution in [0.4, 0.5) is 0 Å². The van der Waals surface area contributed by atoms with Crippen LogP contribution in [-0.2, 0) is 48.0 Å². The number of hydrazine groups is 1. The van der Waals surface area contributed by atoms with Gasteiger partial charge in [0, 0.05) is 97.2 Å². The van der Waals surface area contributed by atoms with Gasteiger partial charge in [0.1, 0.15) is 17.6 Å². The highest BCUT2D eigenvalue weighted by Crippen LogP contribution is 2.45. The molecule has 4 aromatic rings. The highest BCUT2D eigenvalue weighted by Gasteiger charge is 2.53. The molecule has 1 spiro atoms. The predicted octanol–water partition coefficient (Wildman–Crippen LogP) is 6.05. The monoisotopic (exact) mass is 948 g/mol. The molecular weight excluding hydrogens is 879 g/mol. The van der Waals surface area contributed by atoms with Crippen molar-refractivity contribution in [3.8, 4) is 22.5 Å². The molecule has 10 rings (SSSR count). The van der Waals surface area contributed by atoms with Crippen LogP contribution in [0.25, 0.3) is 33.4 Å². The van der Waals surface area contributed by atoms with E-state index < -0.39 is 29.0 Å². The lowest BCUT2D eigenvalue weighted by Gasteiger charge is -2.37. The molecule has 15 nitrogen and oxygen atoms in total. The number of fused-ring (bicyclic) bond motifs is 6. The van der Waals surface area contributed by atoms with Crippen LogP contribution in [0.5, 0.6) is 0 Å². The third-order valence-electron chi connectivity index (χ3n) is 16.0. The summed E-state index contributed by atoms with van der Waals surface area (Å²) < 4.78 is 14.4. The zero-order chi connectivity index (χ0) is 47.5. The van der Waals surface area contributed by atoms with E-state index in [2.05, 4.69) is 75.9 Å². The summed E-state index contributed by atoms with van der Waals surface area (Å²) in [5, 5.41) is 12.0. The van der Waals surface area contributed by atoms with E-state index in [9.17, 15) is 14.4 Å². The van der Waals surface area contributed by atoms with Crippen molar-refractivity contribution in [2.24, 2.45) is 16.7 Å². The Bertz CT molecular complexity index is 2580. The van der Waals surface area contributed by atoms with E-state index in [-0.39, 0.29) is 54.2 Å². The summed E-state index contributed by atoms with van der Waals surface area (Å²) in [6.07, 6.45) is 9.45. The Hall–Kier alpha value is -4.74. The molecule has 1 aliphatic carbocycles. The molecule has 5 aliphatic heterocycles. The van der Waals surface area contributed by atoms with Crippen LogP contribution in [-0.4, -0.2) is 130 Å². The Kier molecular flexibility index (Phi) is 12.8. The Labute approximate surface area is 404 Å². The molecule has 6 bridgehead atoms. The lowest BCUT2D eigenvalue weighted by Crippen LogP contribution is -2.62. The molecule has 6 aliphatic rings. The van der Waals surface area contributed by atoms with Crippen molar-refractivity contribution in [3.63, 3.8) is 0 Å². The van der Waals surface area contributed by atoms with Gasteiger partial charge in [0.2, 0.25) is 11.8 Å². The number of esters is 1. The molecule has 6 atom stereocenters. The molecule has 3 aromatic heterocycles. The number of hydrogen-bond donors (Lipinski definition) is 3. The van der Waals surface area contributed by atoms with Crippen LogP contribution in [0.3, 0.4) is 0 Å². The molecule has 68 heavy (non-hydrogen) atoms. The first kappa shape index (κ1) is 47.0. The fourth-order valence-electron chi connectivity index (χ4n) is 12.1. The topological polar surface area (TPSA) is 173 Å². The van der Waals surface area contributed by atoms with Crippen molar-refractivity contribution in [3.05, 3.63) is 58.2 Å². The zero-order valence-electron chi connectivity index (χ0n) is 40.7. The molecular formula is C52H69N9O6S. The third kappa shape index (κ3) is 8.99. The number of carbonyl (C=O) groups excluding carboxylic acids is 4. The highest BCUT2D eigenvalue weighted by molar-refractivity contribution is 7.10. The number of likely N-dealkylation sites (tertiary alicyclic amines) is 2. The average Bonchev–Trinajstić information content (AvgIpc) is 3.98. The van der Waals surface area contributed by atoms with E-state index in [0.29, 0.717) is 32.4 Å². The third-order valence-corrected chi connectivity index (χ3v) is 16.9. The van der Waals surface area contributed by atoms with Crippen LogP contribution >= 0.6 is 11.3 Å². The van der Waals surface area contributed by atoms with Gasteiger partial charge in [-0.25, -0.2) is 10.4 Å². The fraction of sp³-hybridized carbons (Fsp3) is 0.615. The van der Waals surface area contributed by atoms with Crippen molar-refractivity contribution >= 4 is 45.9 Å². The summed E-state index contributed by atoms with van der Waals surface area (Å²) in [4.78, 5) is 71.7. The van der Waals surface area contributed by atoms with Gasteiger partial charge >= 0.3 is 5.97 Å².